The zero-order valence-corrected chi connectivity index (χ0v) is 14.8. The molecule has 3 aromatic rings. The third-order valence-corrected chi connectivity index (χ3v) is 5.13. The molecule has 0 saturated heterocycles. The maximum absolute atomic E-state index is 12.3. The number of amides is 1. The fraction of sp³-hybridized carbons (Fsp3) is 0.294. The third kappa shape index (κ3) is 3.30. The summed E-state index contributed by atoms with van der Waals surface area (Å²) in [6.45, 7) is 2.04. The number of aryl methyl sites for hydroxylation is 1. The number of fused-ring (bicyclic) bond motifs is 1. The van der Waals surface area contributed by atoms with E-state index in [1.807, 2.05) is 0 Å². The number of hydrogen-bond donors (Lipinski definition) is 1. The summed E-state index contributed by atoms with van der Waals surface area (Å²) >= 11 is 1.50. The second-order valence-electron chi connectivity index (χ2n) is 5.99. The van der Waals surface area contributed by atoms with Crippen molar-refractivity contribution >= 4 is 17.7 Å². The van der Waals surface area contributed by atoms with Crippen LogP contribution in [0.5, 0.6) is 0 Å². The van der Waals surface area contributed by atoms with Crippen LogP contribution in [0.1, 0.15) is 23.9 Å². The van der Waals surface area contributed by atoms with Gasteiger partial charge in [0.25, 0.3) is 5.56 Å². The van der Waals surface area contributed by atoms with Crippen molar-refractivity contribution in [1.82, 2.24) is 20.0 Å². The number of carbonyl (C=O) groups excluding carboxylic acids is 1. The first-order valence-electron chi connectivity index (χ1n) is 8.09. The monoisotopic (exact) mass is 372 g/mol. The highest BCUT2D eigenvalue weighted by Crippen LogP contribution is 2.31. The van der Waals surface area contributed by atoms with Crippen LogP contribution in [-0.2, 0) is 11.3 Å². The Balaban J connectivity index is 1.37. The van der Waals surface area contributed by atoms with Gasteiger partial charge in [-0.15, -0.1) is 0 Å². The second-order valence-corrected chi connectivity index (χ2v) is 6.98. The van der Waals surface area contributed by atoms with Crippen molar-refractivity contribution in [1.29, 1.82) is 0 Å². The lowest BCUT2D eigenvalue weighted by Gasteiger charge is -2.12. The van der Waals surface area contributed by atoms with Gasteiger partial charge in [-0.05, 0) is 19.1 Å². The van der Waals surface area contributed by atoms with E-state index in [0.717, 1.165) is 0 Å². The zero-order valence-electron chi connectivity index (χ0n) is 14.0. The summed E-state index contributed by atoms with van der Waals surface area (Å²) in [4.78, 5) is 28.8. The van der Waals surface area contributed by atoms with Gasteiger partial charge in [-0.1, -0.05) is 16.9 Å². The van der Waals surface area contributed by atoms with Crippen molar-refractivity contribution in [3.8, 4) is 11.5 Å². The predicted octanol–water partition coefficient (Wildman–Crippen LogP) is 2.15. The Morgan fingerprint density at radius 1 is 1.42 bits per heavy atom. The minimum Gasteiger partial charge on any atom is -0.461 e. The lowest BCUT2D eigenvalue weighted by Crippen LogP contribution is -2.30. The molecule has 134 valence electrons. The third-order valence-electron chi connectivity index (χ3n) is 4.03. The molecule has 1 aliphatic rings. The minimum absolute atomic E-state index is 0.116. The number of furan rings is 1. The van der Waals surface area contributed by atoms with Gasteiger partial charge in [-0.2, -0.15) is 0 Å². The van der Waals surface area contributed by atoms with Gasteiger partial charge in [-0.3, -0.25) is 14.2 Å². The lowest BCUT2D eigenvalue weighted by molar-refractivity contribution is -0.121. The van der Waals surface area contributed by atoms with Crippen molar-refractivity contribution < 1.29 is 13.7 Å². The van der Waals surface area contributed by atoms with E-state index in [9.17, 15) is 9.59 Å². The minimum atomic E-state index is -0.188. The van der Waals surface area contributed by atoms with Crippen LogP contribution in [0, 0.1) is 6.92 Å². The van der Waals surface area contributed by atoms with E-state index in [1.54, 1.807) is 36.0 Å². The molecule has 3 aromatic heterocycles. The number of carbonyl (C=O) groups is 1. The van der Waals surface area contributed by atoms with Crippen molar-refractivity contribution in [3.05, 3.63) is 52.3 Å². The number of nitrogens with zero attached hydrogens (tertiary/aromatic N) is 3. The molecule has 0 aromatic carbocycles. The Kier molecular flexibility index (Phi) is 4.37. The zero-order chi connectivity index (χ0) is 18.1. The van der Waals surface area contributed by atoms with Crippen LogP contribution in [0.25, 0.3) is 11.5 Å². The average molecular weight is 372 g/mol. The van der Waals surface area contributed by atoms with E-state index in [2.05, 4.69) is 15.5 Å². The molecule has 0 spiro atoms. The summed E-state index contributed by atoms with van der Waals surface area (Å²) in [5.41, 5.74) is 1.17. The maximum Gasteiger partial charge on any atom is 0.254 e. The van der Waals surface area contributed by atoms with Crippen LogP contribution < -0.4 is 10.9 Å². The van der Waals surface area contributed by atoms with Gasteiger partial charge in [-0.25, -0.2) is 4.98 Å². The van der Waals surface area contributed by atoms with E-state index >= 15 is 0 Å². The predicted molar refractivity (Wildman–Crippen MR) is 93.7 cm³/mol. The van der Waals surface area contributed by atoms with Crippen molar-refractivity contribution in [2.75, 3.05) is 5.75 Å². The van der Waals surface area contributed by atoms with Gasteiger partial charge in [0.05, 0.1) is 18.8 Å². The Bertz CT molecular complexity index is 993. The first-order valence-corrected chi connectivity index (χ1v) is 9.08. The molecule has 0 unspecified atom stereocenters. The van der Waals surface area contributed by atoms with Gasteiger partial charge in [0.2, 0.25) is 11.7 Å². The highest BCUT2D eigenvalue weighted by molar-refractivity contribution is 7.99. The Hall–Kier alpha value is -2.81. The SMILES string of the molecule is Cc1cc(=O)n2c(n1)SC[C@H]2CC(=O)NCc1cc(-c2ccco2)on1. The Labute approximate surface area is 152 Å². The fourth-order valence-electron chi connectivity index (χ4n) is 2.82. The highest BCUT2D eigenvalue weighted by atomic mass is 32.2. The molecule has 0 saturated carbocycles. The molecule has 1 amide bonds. The summed E-state index contributed by atoms with van der Waals surface area (Å²) in [7, 11) is 0. The summed E-state index contributed by atoms with van der Waals surface area (Å²) in [5, 5.41) is 7.40. The van der Waals surface area contributed by atoms with Crippen LogP contribution in [-0.4, -0.2) is 26.4 Å². The quantitative estimate of drug-likeness (QED) is 0.685. The molecule has 1 N–H and O–H groups in total. The van der Waals surface area contributed by atoms with E-state index in [0.29, 0.717) is 33.8 Å². The Morgan fingerprint density at radius 3 is 3.12 bits per heavy atom. The molecule has 26 heavy (non-hydrogen) atoms. The second kappa shape index (κ2) is 6.83. The van der Waals surface area contributed by atoms with E-state index in [-0.39, 0.29) is 30.5 Å². The number of nitrogens with one attached hydrogen (secondary N) is 1. The van der Waals surface area contributed by atoms with E-state index in [1.165, 1.54) is 17.8 Å². The first kappa shape index (κ1) is 16.6. The van der Waals surface area contributed by atoms with Crippen LogP contribution in [0.15, 0.2) is 49.4 Å². The molecule has 4 heterocycles. The van der Waals surface area contributed by atoms with Gasteiger partial charge in [0, 0.05) is 30.0 Å². The van der Waals surface area contributed by atoms with E-state index < -0.39 is 0 Å². The van der Waals surface area contributed by atoms with E-state index in [4.69, 9.17) is 8.94 Å². The van der Waals surface area contributed by atoms with Crippen LogP contribution >= 0.6 is 11.8 Å². The van der Waals surface area contributed by atoms with Crippen LogP contribution in [0.2, 0.25) is 0 Å². The molecule has 9 heteroatoms. The molecular formula is C17H16N4O4S. The summed E-state index contributed by atoms with van der Waals surface area (Å²) in [5.74, 6) is 1.59. The largest absolute Gasteiger partial charge is 0.461 e. The van der Waals surface area contributed by atoms with Crippen molar-refractivity contribution in [2.45, 2.75) is 31.1 Å². The lowest BCUT2D eigenvalue weighted by atomic mass is 10.2. The van der Waals surface area contributed by atoms with Crippen molar-refractivity contribution in [2.24, 2.45) is 0 Å². The number of thioether (sulfide) groups is 1. The average Bonchev–Trinajstić information content (AvgIpc) is 3.33. The standard InChI is InChI=1S/C17H16N4O4S/c1-10-5-16(23)21-12(9-26-17(21)19-10)7-15(22)18-8-11-6-14(25-20-11)13-3-2-4-24-13/h2-6,12H,7-9H2,1H3,(H,18,22)/t12-/m1/s1. The topological polar surface area (TPSA) is 103 Å². The Morgan fingerprint density at radius 2 is 2.31 bits per heavy atom. The van der Waals surface area contributed by atoms with Crippen LogP contribution in [0.3, 0.4) is 0 Å². The molecule has 0 radical (unpaired) electrons. The number of hydrogen-bond acceptors (Lipinski definition) is 7. The first-order chi connectivity index (χ1) is 12.6. The van der Waals surface area contributed by atoms with Crippen LogP contribution in [0.4, 0.5) is 0 Å². The highest BCUT2D eigenvalue weighted by Gasteiger charge is 2.27. The fourth-order valence-corrected chi connectivity index (χ4v) is 4.01. The molecule has 0 aliphatic carbocycles. The molecule has 1 atom stereocenters. The molecule has 4 rings (SSSR count). The molecule has 0 fully saturated rings. The number of aromatic nitrogens is 3. The summed E-state index contributed by atoms with van der Waals surface area (Å²) < 4.78 is 12.0. The van der Waals surface area contributed by atoms with Gasteiger partial charge in [0.15, 0.2) is 10.9 Å². The molecular weight excluding hydrogens is 356 g/mol. The molecule has 8 nitrogen and oxygen atoms in total. The summed E-state index contributed by atoms with van der Waals surface area (Å²) in [6, 6.07) is 6.55. The number of rotatable bonds is 5. The normalized spacial score (nSPS) is 15.8. The maximum atomic E-state index is 12.3. The molecule has 1 aliphatic heterocycles. The van der Waals surface area contributed by atoms with Gasteiger partial charge >= 0.3 is 0 Å². The van der Waals surface area contributed by atoms with Crippen molar-refractivity contribution in [3.63, 3.8) is 0 Å². The van der Waals surface area contributed by atoms with Gasteiger partial charge in [0.1, 0.15) is 5.69 Å². The smallest absolute Gasteiger partial charge is 0.254 e. The molecule has 0 bridgehead atoms. The van der Waals surface area contributed by atoms with Gasteiger partial charge < -0.3 is 14.3 Å². The summed E-state index contributed by atoms with van der Waals surface area (Å²) in [6.07, 6.45) is 1.77.